The maximum absolute atomic E-state index is 11.9. The summed E-state index contributed by atoms with van der Waals surface area (Å²) in [7, 11) is 0. The molecule has 7 nitrogen and oxygen atoms in total. The number of benzene rings is 2. The van der Waals surface area contributed by atoms with Gasteiger partial charge in [-0.25, -0.2) is 9.78 Å². The molecule has 1 amide bonds. The second-order valence-electron chi connectivity index (χ2n) is 11.2. The van der Waals surface area contributed by atoms with Crippen LogP contribution in [0.1, 0.15) is 60.9 Å². The Morgan fingerprint density at radius 3 is 2.37 bits per heavy atom. The zero-order valence-electron chi connectivity index (χ0n) is 22.4. The van der Waals surface area contributed by atoms with Gasteiger partial charge in [0.1, 0.15) is 5.82 Å². The van der Waals surface area contributed by atoms with Crippen LogP contribution in [0.2, 0.25) is 0 Å². The number of para-hydroxylation sites is 1. The number of amides is 1. The minimum absolute atomic E-state index is 0.528. The van der Waals surface area contributed by atoms with Crippen molar-refractivity contribution >= 4 is 11.8 Å². The van der Waals surface area contributed by atoms with Crippen molar-refractivity contribution in [3.05, 3.63) is 83.4 Å². The number of aryl methyl sites for hydroxylation is 1. The van der Waals surface area contributed by atoms with Gasteiger partial charge in [0.25, 0.3) is 0 Å². The minimum atomic E-state index is -0.874. The zero-order valence-corrected chi connectivity index (χ0v) is 22.4. The molecule has 3 aliphatic heterocycles. The highest BCUT2D eigenvalue weighted by molar-refractivity contribution is 5.85. The van der Waals surface area contributed by atoms with Gasteiger partial charge in [-0.2, -0.15) is 0 Å². The lowest BCUT2D eigenvalue weighted by molar-refractivity contribution is 0.104. The molecule has 0 saturated carbocycles. The molecule has 3 aromatic rings. The third-order valence-electron chi connectivity index (χ3n) is 8.88. The van der Waals surface area contributed by atoms with Crippen molar-refractivity contribution in [3.8, 4) is 0 Å². The molecule has 0 radical (unpaired) electrons. The van der Waals surface area contributed by atoms with Crippen LogP contribution in [0.25, 0.3) is 0 Å². The first-order valence-corrected chi connectivity index (χ1v) is 14.2. The van der Waals surface area contributed by atoms with Crippen LogP contribution in [0.4, 0.5) is 10.5 Å². The fourth-order valence-electron chi connectivity index (χ4n) is 7.23. The topological polar surface area (TPSA) is 64.8 Å². The Labute approximate surface area is 225 Å². The number of rotatable bonds is 8. The number of imidazole rings is 1. The van der Waals surface area contributed by atoms with Crippen molar-refractivity contribution in [1.82, 2.24) is 19.4 Å². The van der Waals surface area contributed by atoms with Crippen molar-refractivity contribution in [2.75, 3.05) is 24.5 Å². The molecular formula is C31H39N5O2. The number of hydrogen-bond donors (Lipinski definition) is 1. The number of carbonyl (C=O) groups is 1. The van der Waals surface area contributed by atoms with E-state index in [0.717, 1.165) is 44.7 Å². The number of piperidine rings is 1. The Hall–Kier alpha value is -3.16. The van der Waals surface area contributed by atoms with E-state index in [1.165, 1.54) is 53.4 Å². The normalized spacial score (nSPS) is 23.3. The summed E-state index contributed by atoms with van der Waals surface area (Å²) in [4.78, 5) is 23.6. The number of nitrogens with zero attached hydrogens (tertiary/aromatic N) is 5. The van der Waals surface area contributed by atoms with Gasteiger partial charge in [0.2, 0.25) is 0 Å². The summed E-state index contributed by atoms with van der Waals surface area (Å²) >= 11 is 0. The van der Waals surface area contributed by atoms with Crippen molar-refractivity contribution in [1.29, 1.82) is 0 Å². The Bertz CT molecular complexity index is 1230. The van der Waals surface area contributed by atoms with E-state index >= 15 is 0 Å². The molecule has 2 saturated heterocycles. The fourth-order valence-corrected chi connectivity index (χ4v) is 7.23. The molecule has 2 atom stereocenters. The van der Waals surface area contributed by atoms with Gasteiger partial charge in [-0.05, 0) is 56.7 Å². The Morgan fingerprint density at radius 2 is 1.68 bits per heavy atom. The molecule has 3 aliphatic rings. The predicted molar refractivity (Wildman–Crippen MR) is 149 cm³/mol. The molecule has 2 aromatic carbocycles. The van der Waals surface area contributed by atoms with Crippen LogP contribution in [0.15, 0.2) is 60.7 Å². The van der Waals surface area contributed by atoms with Gasteiger partial charge in [0.15, 0.2) is 0 Å². The highest BCUT2D eigenvalue weighted by Crippen LogP contribution is 2.42. The molecule has 0 spiro atoms. The summed E-state index contributed by atoms with van der Waals surface area (Å²) in [5.41, 5.74) is 4.86. The average molecular weight is 514 g/mol. The number of aromatic nitrogens is 2. The van der Waals surface area contributed by atoms with E-state index in [4.69, 9.17) is 4.98 Å². The summed E-state index contributed by atoms with van der Waals surface area (Å²) in [6.45, 7) is 6.70. The molecule has 2 bridgehead atoms. The van der Waals surface area contributed by atoms with E-state index in [9.17, 15) is 9.90 Å². The van der Waals surface area contributed by atoms with Crippen LogP contribution in [0, 0.1) is 6.92 Å². The van der Waals surface area contributed by atoms with Crippen LogP contribution in [-0.2, 0) is 19.5 Å². The SMILES string of the molecule is Cc1nc2c(n1C1CC3CCC(C1)N3CCCN(C(=O)O)c1ccccc1)CCN(Cc1ccccc1)C2. The maximum Gasteiger partial charge on any atom is 0.411 e. The van der Waals surface area contributed by atoms with E-state index in [2.05, 4.69) is 51.6 Å². The average Bonchev–Trinajstić information content (AvgIpc) is 3.37. The molecular weight excluding hydrogens is 474 g/mol. The molecule has 0 aliphatic carbocycles. The van der Waals surface area contributed by atoms with Gasteiger partial charge >= 0.3 is 6.09 Å². The quantitative estimate of drug-likeness (QED) is 0.431. The monoisotopic (exact) mass is 513 g/mol. The van der Waals surface area contributed by atoms with E-state index < -0.39 is 6.09 Å². The van der Waals surface area contributed by atoms with Crippen molar-refractivity contribution in [3.63, 3.8) is 0 Å². The molecule has 4 heterocycles. The van der Waals surface area contributed by atoms with Crippen LogP contribution < -0.4 is 4.90 Å². The minimum Gasteiger partial charge on any atom is -0.465 e. The summed E-state index contributed by atoms with van der Waals surface area (Å²) in [5, 5.41) is 9.73. The number of carboxylic acid groups (broad SMARTS) is 1. The largest absolute Gasteiger partial charge is 0.465 e. The smallest absolute Gasteiger partial charge is 0.411 e. The molecule has 1 N–H and O–H groups in total. The maximum atomic E-state index is 11.9. The highest BCUT2D eigenvalue weighted by atomic mass is 16.4. The second-order valence-corrected chi connectivity index (χ2v) is 11.2. The van der Waals surface area contributed by atoms with Gasteiger partial charge in [0.05, 0.1) is 5.69 Å². The van der Waals surface area contributed by atoms with Crippen LogP contribution in [-0.4, -0.2) is 62.3 Å². The summed E-state index contributed by atoms with van der Waals surface area (Å²) in [5.74, 6) is 1.18. The third kappa shape index (κ3) is 5.09. The number of anilines is 1. The van der Waals surface area contributed by atoms with Gasteiger partial charge < -0.3 is 9.67 Å². The van der Waals surface area contributed by atoms with E-state index in [1.54, 1.807) is 0 Å². The number of hydrogen-bond acceptors (Lipinski definition) is 4. The van der Waals surface area contributed by atoms with E-state index in [0.29, 0.717) is 24.7 Å². The molecule has 200 valence electrons. The van der Waals surface area contributed by atoms with Crippen LogP contribution >= 0.6 is 0 Å². The lowest BCUT2D eigenvalue weighted by atomic mass is 9.95. The molecule has 1 aromatic heterocycles. The summed E-state index contributed by atoms with van der Waals surface area (Å²) in [6, 6.07) is 21.9. The highest BCUT2D eigenvalue weighted by Gasteiger charge is 2.42. The fraction of sp³-hybridized carbons (Fsp3) is 0.484. The first kappa shape index (κ1) is 25.1. The number of fused-ring (bicyclic) bond motifs is 3. The van der Waals surface area contributed by atoms with Gasteiger partial charge in [-0.1, -0.05) is 48.5 Å². The standard InChI is InChI=1S/C31H39N5O2/c1-23-32-29-22-33(21-24-9-4-2-5-10-24)18-15-30(29)36(23)28-19-26-13-14-27(20-28)34(26)16-8-17-35(31(37)38)25-11-6-3-7-12-25/h2-7,9-12,26-28H,8,13-22H2,1H3,(H,37,38). The predicted octanol–water partition coefficient (Wildman–Crippen LogP) is 5.49. The first-order valence-electron chi connectivity index (χ1n) is 14.2. The lowest BCUT2D eigenvalue weighted by Gasteiger charge is -2.41. The van der Waals surface area contributed by atoms with Gasteiger partial charge in [-0.3, -0.25) is 14.7 Å². The molecule has 7 heteroatoms. The molecule has 6 rings (SSSR count). The van der Waals surface area contributed by atoms with Gasteiger partial charge in [-0.15, -0.1) is 0 Å². The molecule has 2 fully saturated rings. The Morgan fingerprint density at radius 1 is 1.00 bits per heavy atom. The second kappa shape index (κ2) is 10.9. The first-order chi connectivity index (χ1) is 18.6. The molecule has 38 heavy (non-hydrogen) atoms. The summed E-state index contributed by atoms with van der Waals surface area (Å²) < 4.78 is 2.60. The van der Waals surface area contributed by atoms with E-state index in [-0.39, 0.29) is 0 Å². The van der Waals surface area contributed by atoms with Gasteiger partial charge in [0, 0.05) is 68.7 Å². The third-order valence-corrected chi connectivity index (χ3v) is 8.88. The Balaban J connectivity index is 1.08. The zero-order chi connectivity index (χ0) is 26.1. The summed E-state index contributed by atoms with van der Waals surface area (Å²) in [6.07, 6.45) is 5.91. The Kier molecular flexibility index (Phi) is 7.22. The van der Waals surface area contributed by atoms with Crippen molar-refractivity contribution < 1.29 is 9.90 Å². The van der Waals surface area contributed by atoms with E-state index in [1.807, 2.05) is 30.3 Å². The van der Waals surface area contributed by atoms with Crippen LogP contribution in [0.3, 0.4) is 0 Å². The van der Waals surface area contributed by atoms with Crippen molar-refractivity contribution in [2.24, 2.45) is 0 Å². The van der Waals surface area contributed by atoms with Crippen LogP contribution in [0.5, 0.6) is 0 Å². The van der Waals surface area contributed by atoms with Crippen molar-refractivity contribution in [2.45, 2.75) is 76.7 Å². The molecule has 2 unspecified atom stereocenters. The lowest BCUT2D eigenvalue weighted by Crippen LogP contribution is -2.45.